The number of nitrogens with two attached hydrogens (primary N) is 1. The Morgan fingerprint density at radius 3 is 2.93 bits per heavy atom. The molecule has 3 aromatic rings. The van der Waals surface area contributed by atoms with Crippen LogP contribution >= 0.6 is 11.5 Å². The molecule has 0 spiro atoms. The van der Waals surface area contributed by atoms with Crippen molar-refractivity contribution in [2.75, 3.05) is 0 Å². The Balaban J connectivity index is 1.69. The second-order valence-electron chi connectivity index (χ2n) is 7.27. The van der Waals surface area contributed by atoms with Crippen LogP contribution in [0.2, 0.25) is 5.82 Å². The zero-order valence-electron chi connectivity index (χ0n) is 15.4. The van der Waals surface area contributed by atoms with Crippen LogP contribution < -0.4 is 11.2 Å². The van der Waals surface area contributed by atoms with Gasteiger partial charge in [0.2, 0.25) is 0 Å². The van der Waals surface area contributed by atoms with Gasteiger partial charge in [-0.2, -0.15) is 9.64 Å². The minimum Gasteiger partial charge on any atom is -0.324 e. The van der Waals surface area contributed by atoms with Gasteiger partial charge >= 0.3 is 0 Å². The first-order valence-electron chi connectivity index (χ1n) is 9.17. The van der Waals surface area contributed by atoms with Crippen molar-refractivity contribution >= 4 is 24.3 Å². The summed E-state index contributed by atoms with van der Waals surface area (Å²) < 4.78 is 4.55. The van der Waals surface area contributed by atoms with Crippen LogP contribution in [0.1, 0.15) is 43.0 Å². The van der Waals surface area contributed by atoms with Gasteiger partial charge in [-0.15, -0.1) is 0 Å². The van der Waals surface area contributed by atoms with Crippen molar-refractivity contribution in [3.63, 3.8) is 0 Å². The van der Waals surface area contributed by atoms with Crippen molar-refractivity contribution in [2.24, 2.45) is 5.73 Å². The highest BCUT2D eigenvalue weighted by Gasteiger charge is 2.23. The fourth-order valence-electron chi connectivity index (χ4n) is 3.63. The smallest absolute Gasteiger partial charge is 0.173 e. The summed E-state index contributed by atoms with van der Waals surface area (Å²) in [5.41, 5.74) is 12.4. The Labute approximate surface area is 164 Å². The summed E-state index contributed by atoms with van der Waals surface area (Å²) in [4.78, 5) is 4.77. The topological polar surface area (TPSA) is 75.6 Å². The molecule has 0 saturated carbocycles. The lowest BCUT2D eigenvalue weighted by Gasteiger charge is -2.07. The lowest BCUT2D eigenvalue weighted by Crippen LogP contribution is -2.20. The SMILES string of the molecule is CC(C)[B]c1ccc(-c2nsc(-c3cccc4c3CC[C@@H]4N)n2)cc1C#N. The highest BCUT2D eigenvalue weighted by molar-refractivity contribution is 7.09. The third kappa shape index (κ3) is 3.41. The molecule has 0 unspecified atom stereocenters. The zero-order chi connectivity index (χ0) is 19.0. The Morgan fingerprint density at radius 2 is 2.15 bits per heavy atom. The average molecular weight is 371 g/mol. The number of fused-ring (bicyclic) bond motifs is 1. The van der Waals surface area contributed by atoms with E-state index in [1.807, 2.05) is 24.3 Å². The van der Waals surface area contributed by atoms with E-state index in [1.165, 1.54) is 22.7 Å². The largest absolute Gasteiger partial charge is 0.324 e. The van der Waals surface area contributed by atoms with Gasteiger partial charge in [0.1, 0.15) is 5.01 Å². The minimum atomic E-state index is 0.121. The molecule has 0 saturated heterocycles. The predicted molar refractivity (Wildman–Crippen MR) is 111 cm³/mol. The van der Waals surface area contributed by atoms with Crippen molar-refractivity contribution in [1.82, 2.24) is 9.36 Å². The van der Waals surface area contributed by atoms with Crippen LogP contribution in [0.5, 0.6) is 0 Å². The summed E-state index contributed by atoms with van der Waals surface area (Å²) in [5, 5.41) is 10.4. The molecule has 1 aliphatic carbocycles. The summed E-state index contributed by atoms with van der Waals surface area (Å²) in [6.07, 6.45) is 1.97. The standard InChI is InChI=1S/C21H20BN4S/c1-12(2)22-18-8-6-13(10-14(18)11-23)20-25-21(27-26-20)17-5-3-4-16-15(17)7-9-19(16)24/h3-6,8,10,12,19H,7,9,24H2,1-2H3/t19-/m0/s1. The molecule has 27 heavy (non-hydrogen) atoms. The van der Waals surface area contributed by atoms with Crippen LogP contribution in [0.15, 0.2) is 36.4 Å². The maximum atomic E-state index is 9.50. The third-order valence-electron chi connectivity index (χ3n) is 4.92. The molecule has 0 fully saturated rings. The molecule has 2 aromatic carbocycles. The number of nitriles is 1. The molecule has 1 heterocycles. The monoisotopic (exact) mass is 371 g/mol. The lowest BCUT2D eigenvalue weighted by atomic mass is 9.59. The predicted octanol–water partition coefficient (Wildman–Crippen LogP) is 3.85. The van der Waals surface area contributed by atoms with Gasteiger partial charge in [0.05, 0.1) is 6.07 Å². The highest BCUT2D eigenvalue weighted by Crippen LogP contribution is 2.37. The number of nitrogens with zero attached hydrogens (tertiary/aromatic N) is 3. The fourth-order valence-corrected chi connectivity index (χ4v) is 4.37. The van der Waals surface area contributed by atoms with E-state index in [0.717, 1.165) is 34.4 Å². The first-order valence-corrected chi connectivity index (χ1v) is 9.95. The van der Waals surface area contributed by atoms with Crippen molar-refractivity contribution in [2.45, 2.75) is 38.5 Å². The van der Waals surface area contributed by atoms with Gasteiger partial charge in [-0.25, -0.2) is 4.98 Å². The Morgan fingerprint density at radius 1 is 1.30 bits per heavy atom. The van der Waals surface area contributed by atoms with E-state index in [4.69, 9.17) is 10.7 Å². The van der Waals surface area contributed by atoms with E-state index in [0.29, 0.717) is 17.2 Å². The first-order chi connectivity index (χ1) is 13.1. The summed E-state index contributed by atoms with van der Waals surface area (Å²) in [5.74, 6) is 1.06. The Hall–Kier alpha value is -2.49. The first kappa shape index (κ1) is 17.9. The minimum absolute atomic E-state index is 0.121. The van der Waals surface area contributed by atoms with Gasteiger partial charge < -0.3 is 5.73 Å². The van der Waals surface area contributed by atoms with E-state index in [1.54, 1.807) is 0 Å². The van der Waals surface area contributed by atoms with E-state index >= 15 is 0 Å². The van der Waals surface area contributed by atoms with E-state index in [9.17, 15) is 5.26 Å². The molecular formula is C21H20BN4S. The Kier molecular flexibility index (Phi) is 4.82. The molecule has 4 nitrogen and oxygen atoms in total. The summed E-state index contributed by atoms with van der Waals surface area (Å²) >= 11 is 1.40. The highest BCUT2D eigenvalue weighted by atomic mass is 32.1. The summed E-state index contributed by atoms with van der Waals surface area (Å²) in [7, 11) is 2.10. The molecule has 0 amide bonds. The number of aromatic nitrogens is 2. The number of benzene rings is 2. The number of hydrogen-bond donors (Lipinski definition) is 1. The average Bonchev–Trinajstić information content (AvgIpc) is 3.29. The third-order valence-corrected chi connectivity index (χ3v) is 5.67. The fraction of sp³-hybridized carbons (Fsp3) is 0.286. The lowest BCUT2D eigenvalue weighted by molar-refractivity contribution is 0.713. The van der Waals surface area contributed by atoms with Crippen molar-refractivity contribution in [3.05, 3.63) is 53.1 Å². The van der Waals surface area contributed by atoms with E-state index in [-0.39, 0.29) is 6.04 Å². The van der Waals surface area contributed by atoms with Gasteiger partial charge in [0.25, 0.3) is 0 Å². The van der Waals surface area contributed by atoms with Crippen LogP contribution in [0.3, 0.4) is 0 Å². The molecule has 4 rings (SSSR count). The van der Waals surface area contributed by atoms with E-state index < -0.39 is 0 Å². The van der Waals surface area contributed by atoms with Crippen LogP contribution in [0.25, 0.3) is 22.0 Å². The molecule has 0 aliphatic heterocycles. The maximum Gasteiger partial charge on any atom is 0.173 e. The molecule has 0 bridgehead atoms. The van der Waals surface area contributed by atoms with Crippen LogP contribution in [0, 0.1) is 11.3 Å². The maximum absolute atomic E-state index is 9.50. The number of hydrogen-bond acceptors (Lipinski definition) is 5. The molecule has 6 heteroatoms. The van der Waals surface area contributed by atoms with Crippen molar-refractivity contribution in [3.8, 4) is 28.0 Å². The molecular weight excluding hydrogens is 351 g/mol. The molecule has 2 N–H and O–H groups in total. The van der Waals surface area contributed by atoms with Crippen LogP contribution in [-0.4, -0.2) is 16.6 Å². The molecule has 1 aliphatic rings. The van der Waals surface area contributed by atoms with Crippen LogP contribution in [-0.2, 0) is 6.42 Å². The van der Waals surface area contributed by atoms with Crippen molar-refractivity contribution in [1.29, 1.82) is 5.26 Å². The summed E-state index contributed by atoms with van der Waals surface area (Å²) in [6.45, 7) is 4.21. The molecule has 133 valence electrons. The quantitative estimate of drug-likeness (QED) is 0.707. The normalized spacial score (nSPS) is 15.6. The molecule has 1 aromatic heterocycles. The van der Waals surface area contributed by atoms with Crippen molar-refractivity contribution < 1.29 is 0 Å². The second-order valence-corrected chi connectivity index (χ2v) is 8.02. The molecule has 1 atom stereocenters. The van der Waals surface area contributed by atoms with Gasteiger partial charge in [-0.05, 0) is 41.6 Å². The zero-order valence-corrected chi connectivity index (χ0v) is 16.3. The van der Waals surface area contributed by atoms with Gasteiger partial charge in [-0.3, -0.25) is 0 Å². The Bertz CT molecular complexity index is 1030. The van der Waals surface area contributed by atoms with Gasteiger partial charge in [0.15, 0.2) is 13.1 Å². The van der Waals surface area contributed by atoms with E-state index in [2.05, 4.69) is 43.7 Å². The van der Waals surface area contributed by atoms with Gasteiger partial charge in [-0.1, -0.05) is 55.5 Å². The molecule has 1 radical (unpaired) electrons. The van der Waals surface area contributed by atoms with Crippen LogP contribution in [0.4, 0.5) is 0 Å². The van der Waals surface area contributed by atoms with Gasteiger partial charge in [0, 0.05) is 22.7 Å². The summed E-state index contributed by atoms with van der Waals surface area (Å²) in [6, 6.07) is 14.5. The number of rotatable bonds is 4. The second kappa shape index (κ2) is 7.26.